The Hall–Kier alpha value is -1.06. The van der Waals surface area contributed by atoms with E-state index in [1.807, 2.05) is 6.92 Å². The zero-order valence-corrected chi connectivity index (χ0v) is 9.49. The van der Waals surface area contributed by atoms with Crippen LogP contribution < -0.4 is 0 Å². The van der Waals surface area contributed by atoms with Crippen molar-refractivity contribution in [3.05, 3.63) is 0 Å². The Morgan fingerprint density at radius 1 is 1.33 bits per heavy atom. The number of nitrogens with zero attached hydrogens (tertiary/aromatic N) is 1. The molecule has 0 unspecified atom stereocenters. The van der Waals surface area contributed by atoms with Crippen LogP contribution in [0.2, 0.25) is 0 Å². The fourth-order valence-corrected chi connectivity index (χ4v) is 1.66. The van der Waals surface area contributed by atoms with Crippen LogP contribution in [0.3, 0.4) is 0 Å². The van der Waals surface area contributed by atoms with E-state index in [1.165, 1.54) is 19.3 Å². The standard InChI is InChI=1S/C11H19NO3/c1-3-12(8-9-6-5-7-9)10(13)11(14)15-4-2/h9H,3-8H2,1-2H3. The van der Waals surface area contributed by atoms with Crippen molar-refractivity contribution in [3.63, 3.8) is 0 Å². The van der Waals surface area contributed by atoms with Crippen LogP contribution in [0.25, 0.3) is 0 Å². The van der Waals surface area contributed by atoms with Gasteiger partial charge in [0.25, 0.3) is 0 Å². The number of rotatable bonds is 4. The van der Waals surface area contributed by atoms with E-state index in [0.717, 1.165) is 0 Å². The third-order valence-electron chi connectivity index (χ3n) is 2.82. The molecule has 0 bridgehead atoms. The molecule has 1 aliphatic rings. The summed E-state index contributed by atoms with van der Waals surface area (Å²) in [6.45, 7) is 5.12. The van der Waals surface area contributed by atoms with Crippen molar-refractivity contribution in [2.75, 3.05) is 19.7 Å². The van der Waals surface area contributed by atoms with Crippen molar-refractivity contribution < 1.29 is 14.3 Å². The molecule has 0 aliphatic heterocycles. The second-order valence-electron chi connectivity index (χ2n) is 3.86. The molecular formula is C11H19NO3. The third-order valence-corrected chi connectivity index (χ3v) is 2.82. The molecule has 1 rings (SSSR count). The van der Waals surface area contributed by atoms with Crippen LogP contribution in [0.4, 0.5) is 0 Å². The first-order valence-electron chi connectivity index (χ1n) is 5.65. The number of hydrogen-bond acceptors (Lipinski definition) is 3. The zero-order valence-electron chi connectivity index (χ0n) is 9.49. The number of esters is 1. The second kappa shape index (κ2) is 5.73. The fourth-order valence-electron chi connectivity index (χ4n) is 1.66. The smallest absolute Gasteiger partial charge is 0.397 e. The van der Waals surface area contributed by atoms with Crippen molar-refractivity contribution >= 4 is 11.9 Å². The van der Waals surface area contributed by atoms with Crippen LogP contribution in [-0.2, 0) is 14.3 Å². The van der Waals surface area contributed by atoms with E-state index in [1.54, 1.807) is 11.8 Å². The summed E-state index contributed by atoms with van der Waals surface area (Å²) >= 11 is 0. The van der Waals surface area contributed by atoms with Gasteiger partial charge in [0.1, 0.15) is 0 Å². The monoisotopic (exact) mass is 213 g/mol. The molecule has 0 atom stereocenters. The summed E-state index contributed by atoms with van der Waals surface area (Å²) in [5, 5.41) is 0. The van der Waals surface area contributed by atoms with Gasteiger partial charge >= 0.3 is 11.9 Å². The van der Waals surface area contributed by atoms with Crippen LogP contribution in [-0.4, -0.2) is 36.5 Å². The highest BCUT2D eigenvalue weighted by molar-refractivity contribution is 6.32. The van der Waals surface area contributed by atoms with E-state index in [0.29, 0.717) is 19.0 Å². The lowest BCUT2D eigenvalue weighted by Gasteiger charge is -2.31. The largest absolute Gasteiger partial charge is 0.459 e. The lowest BCUT2D eigenvalue weighted by atomic mass is 9.85. The fraction of sp³-hybridized carbons (Fsp3) is 0.818. The molecule has 0 aromatic heterocycles. The summed E-state index contributed by atoms with van der Waals surface area (Å²) in [6, 6.07) is 0. The molecule has 0 heterocycles. The van der Waals surface area contributed by atoms with Gasteiger partial charge in [-0.25, -0.2) is 4.79 Å². The molecule has 0 spiro atoms. The second-order valence-corrected chi connectivity index (χ2v) is 3.86. The van der Waals surface area contributed by atoms with E-state index >= 15 is 0 Å². The third kappa shape index (κ3) is 3.22. The highest BCUT2D eigenvalue weighted by Crippen LogP contribution is 2.27. The van der Waals surface area contributed by atoms with Gasteiger partial charge in [0.05, 0.1) is 6.61 Å². The van der Waals surface area contributed by atoms with Gasteiger partial charge in [0, 0.05) is 13.1 Å². The Morgan fingerprint density at radius 2 is 2.00 bits per heavy atom. The topological polar surface area (TPSA) is 46.6 Å². The molecule has 86 valence electrons. The molecular weight excluding hydrogens is 194 g/mol. The lowest BCUT2D eigenvalue weighted by molar-refractivity contribution is -0.160. The Morgan fingerprint density at radius 3 is 2.40 bits per heavy atom. The van der Waals surface area contributed by atoms with Gasteiger partial charge in [-0.15, -0.1) is 0 Å². The van der Waals surface area contributed by atoms with Crippen molar-refractivity contribution in [1.82, 2.24) is 4.90 Å². The zero-order chi connectivity index (χ0) is 11.3. The van der Waals surface area contributed by atoms with Gasteiger partial charge in [-0.2, -0.15) is 0 Å². The summed E-state index contributed by atoms with van der Waals surface area (Å²) in [4.78, 5) is 24.4. The average Bonchev–Trinajstić information content (AvgIpc) is 2.16. The van der Waals surface area contributed by atoms with Crippen LogP contribution >= 0.6 is 0 Å². The number of ether oxygens (including phenoxy) is 1. The maximum Gasteiger partial charge on any atom is 0.397 e. The summed E-state index contributed by atoms with van der Waals surface area (Å²) in [5.74, 6) is -0.631. The Labute approximate surface area is 90.6 Å². The average molecular weight is 213 g/mol. The molecule has 0 saturated heterocycles. The minimum atomic E-state index is -0.723. The summed E-state index contributed by atoms with van der Waals surface area (Å²) in [6.07, 6.45) is 3.59. The van der Waals surface area contributed by atoms with Crippen LogP contribution in [0.15, 0.2) is 0 Å². The molecule has 1 saturated carbocycles. The van der Waals surface area contributed by atoms with Gasteiger partial charge in [0.2, 0.25) is 0 Å². The highest BCUT2D eigenvalue weighted by Gasteiger charge is 2.26. The normalized spacial score (nSPS) is 15.6. The Bertz CT molecular complexity index is 236. The molecule has 4 nitrogen and oxygen atoms in total. The first-order chi connectivity index (χ1) is 7.19. The molecule has 1 fully saturated rings. The molecule has 1 amide bonds. The van der Waals surface area contributed by atoms with Gasteiger partial charge < -0.3 is 9.64 Å². The minimum absolute atomic E-state index is 0.256. The van der Waals surface area contributed by atoms with Gasteiger partial charge in [-0.1, -0.05) is 6.42 Å². The molecule has 15 heavy (non-hydrogen) atoms. The van der Waals surface area contributed by atoms with Crippen molar-refractivity contribution in [2.24, 2.45) is 5.92 Å². The molecule has 4 heteroatoms. The van der Waals surface area contributed by atoms with Crippen LogP contribution in [0.1, 0.15) is 33.1 Å². The first kappa shape index (κ1) is 12.0. The maximum absolute atomic E-state index is 11.6. The molecule has 0 aromatic rings. The van der Waals surface area contributed by atoms with Crippen molar-refractivity contribution in [3.8, 4) is 0 Å². The highest BCUT2D eigenvalue weighted by atomic mass is 16.5. The number of carbonyl (C=O) groups excluding carboxylic acids is 2. The van der Waals surface area contributed by atoms with E-state index in [4.69, 9.17) is 0 Å². The van der Waals surface area contributed by atoms with E-state index in [2.05, 4.69) is 4.74 Å². The van der Waals surface area contributed by atoms with E-state index in [-0.39, 0.29) is 6.61 Å². The predicted octanol–water partition coefficient (Wildman–Crippen LogP) is 1.20. The summed E-state index contributed by atoms with van der Waals surface area (Å²) in [5.41, 5.74) is 0. The van der Waals surface area contributed by atoms with Crippen molar-refractivity contribution in [1.29, 1.82) is 0 Å². The van der Waals surface area contributed by atoms with Gasteiger partial charge in [0.15, 0.2) is 0 Å². The number of likely N-dealkylation sites (N-methyl/N-ethyl adjacent to an activating group) is 1. The molecule has 0 aromatic carbocycles. The minimum Gasteiger partial charge on any atom is -0.459 e. The predicted molar refractivity (Wildman–Crippen MR) is 56.2 cm³/mol. The number of carbonyl (C=O) groups is 2. The van der Waals surface area contributed by atoms with Gasteiger partial charge in [-0.3, -0.25) is 4.79 Å². The molecule has 1 aliphatic carbocycles. The maximum atomic E-state index is 11.6. The SMILES string of the molecule is CCOC(=O)C(=O)N(CC)CC1CCC1. The molecule has 0 radical (unpaired) electrons. The van der Waals surface area contributed by atoms with Crippen LogP contribution in [0, 0.1) is 5.92 Å². The number of amides is 1. The summed E-state index contributed by atoms with van der Waals surface area (Å²) < 4.78 is 4.69. The van der Waals surface area contributed by atoms with E-state index < -0.39 is 11.9 Å². The lowest BCUT2D eigenvalue weighted by Crippen LogP contribution is -2.41. The molecule has 0 N–H and O–H groups in total. The number of hydrogen-bond donors (Lipinski definition) is 0. The first-order valence-corrected chi connectivity index (χ1v) is 5.65. The Balaban J connectivity index is 2.41. The van der Waals surface area contributed by atoms with Crippen LogP contribution in [0.5, 0.6) is 0 Å². The Kier molecular flexibility index (Phi) is 4.59. The van der Waals surface area contributed by atoms with Crippen molar-refractivity contribution in [2.45, 2.75) is 33.1 Å². The summed E-state index contributed by atoms with van der Waals surface area (Å²) in [7, 11) is 0. The quantitative estimate of drug-likeness (QED) is 0.520. The van der Waals surface area contributed by atoms with Gasteiger partial charge in [-0.05, 0) is 32.6 Å². The van der Waals surface area contributed by atoms with E-state index in [9.17, 15) is 9.59 Å².